The second-order valence-corrected chi connectivity index (χ2v) is 7.44. The first-order chi connectivity index (χ1) is 11.2. The predicted molar refractivity (Wildman–Crippen MR) is 89.2 cm³/mol. The molecule has 0 spiro atoms. The molecule has 5 atom stereocenters. The predicted octanol–water partition coefficient (Wildman–Crippen LogP) is 3.32. The Labute approximate surface area is 138 Å². The number of hydrogen-bond acceptors (Lipinski definition) is 2. The average Bonchev–Trinajstić information content (AvgIpc) is 3.26. The van der Waals surface area contributed by atoms with E-state index < -0.39 is 0 Å². The van der Waals surface area contributed by atoms with Crippen LogP contribution < -0.4 is 15.4 Å². The van der Waals surface area contributed by atoms with Gasteiger partial charge in [0.2, 0.25) is 0 Å². The summed E-state index contributed by atoms with van der Waals surface area (Å²) in [4.78, 5) is 12.2. The summed E-state index contributed by atoms with van der Waals surface area (Å²) in [6.07, 6.45) is 6.75. The Kier molecular flexibility index (Phi) is 3.92. The SMILES string of the molecule is COc1cccc(CNC(=O)N[C@@H]2C[C@H]3C[C@H]2[C@H]2CCC[C@H]32)c1. The molecule has 0 radical (unpaired) electrons. The van der Waals surface area contributed by atoms with Crippen LogP contribution in [0.4, 0.5) is 4.79 Å². The fraction of sp³-hybridized carbons (Fsp3) is 0.632. The Morgan fingerprint density at radius 3 is 2.96 bits per heavy atom. The summed E-state index contributed by atoms with van der Waals surface area (Å²) in [5, 5.41) is 6.23. The van der Waals surface area contributed by atoms with Gasteiger partial charge >= 0.3 is 6.03 Å². The van der Waals surface area contributed by atoms with Crippen LogP contribution in [-0.4, -0.2) is 19.2 Å². The van der Waals surface area contributed by atoms with Crippen LogP contribution in [0.3, 0.4) is 0 Å². The smallest absolute Gasteiger partial charge is 0.315 e. The van der Waals surface area contributed by atoms with Crippen molar-refractivity contribution in [2.24, 2.45) is 23.7 Å². The Morgan fingerprint density at radius 1 is 1.22 bits per heavy atom. The quantitative estimate of drug-likeness (QED) is 0.896. The van der Waals surface area contributed by atoms with Crippen LogP contribution in [-0.2, 0) is 6.54 Å². The Hall–Kier alpha value is -1.71. The largest absolute Gasteiger partial charge is 0.497 e. The van der Waals surface area contributed by atoms with E-state index in [0.717, 1.165) is 35.0 Å². The van der Waals surface area contributed by atoms with E-state index in [9.17, 15) is 4.79 Å². The van der Waals surface area contributed by atoms with E-state index >= 15 is 0 Å². The van der Waals surface area contributed by atoms with Gasteiger partial charge in [0.25, 0.3) is 0 Å². The maximum absolute atomic E-state index is 12.2. The lowest BCUT2D eigenvalue weighted by atomic mass is 9.79. The van der Waals surface area contributed by atoms with Gasteiger partial charge in [-0.3, -0.25) is 0 Å². The molecule has 23 heavy (non-hydrogen) atoms. The molecule has 124 valence electrons. The van der Waals surface area contributed by atoms with Crippen molar-refractivity contribution in [3.63, 3.8) is 0 Å². The molecule has 4 heteroatoms. The number of carbonyl (C=O) groups is 1. The second-order valence-electron chi connectivity index (χ2n) is 7.44. The van der Waals surface area contributed by atoms with Gasteiger partial charge in [-0.1, -0.05) is 18.6 Å². The van der Waals surface area contributed by atoms with Gasteiger partial charge in [-0.15, -0.1) is 0 Å². The first-order valence-corrected chi connectivity index (χ1v) is 8.92. The highest BCUT2D eigenvalue weighted by Crippen LogP contribution is 2.58. The van der Waals surface area contributed by atoms with Crippen molar-refractivity contribution in [3.8, 4) is 5.75 Å². The third-order valence-corrected chi connectivity index (χ3v) is 6.33. The normalized spacial score (nSPS) is 34.2. The zero-order valence-electron chi connectivity index (χ0n) is 13.8. The van der Waals surface area contributed by atoms with E-state index in [1.54, 1.807) is 7.11 Å². The number of rotatable bonds is 4. The first-order valence-electron chi connectivity index (χ1n) is 8.92. The number of urea groups is 1. The van der Waals surface area contributed by atoms with Crippen LogP contribution in [0.5, 0.6) is 5.75 Å². The zero-order valence-corrected chi connectivity index (χ0v) is 13.8. The lowest BCUT2D eigenvalue weighted by Crippen LogP contribution is -2.46. The number of amides is 2. The molecule has 0 unspecified atom stereocenters. The summed E-state index contributed by atoms with van der Waals surface area (Å²) >= 11 is 0. The lowest BCUT2D eigenvalue weighted by molar-refractivity contribution is 0.197. The molecule has 1 aromatic rings. The minimum atomic E-state index is -0.0279. The summed E-state index contributed by atoms with van der Waals surface area (Å²) in [7, 11) is 1.66. The van der Waals surface area contributed by atoms with E-state index in [1.807, 2.05) is 24.3 Å². The molecular formula is C19H26N2O2. The summed E-state index contributed by atoms with van der Waals surface area (Å²) < 4.78 is 5.21. The van der Waals surface area contributed by atoms with Gasteiger partial charge in [0.15, 0.2) is 0 Å². The number of nitrogens with one attached hydrogen (secondary N) is 2. The molecule has 3 aliphatic rings. The maximum atomic E-state index is 12.2. The Morgan fingerprint density at radius 2 is 2.09 bits per heavy atom. The molecule has 0 heterocycles. The van der Waals surface area contributed by atoms with Gasteiger partial charge in [-0.05, 0) is 67.1 Å². The van der Waals surface area contributed by atoms with Crippen LogP contribution in [0, 0.1) is 23.7 Å². The third kappa shape index (κ3) is 2.79. The molecule has 2 amide bonds. The van der Waals surface area contributed by atoms with E-state index in [0.29, 0.717) is 12.6 Å². The molecule has 3 aliphatic carbocycles. The molecule has 3 saturated carbocycles. The van der Waals surface area contributed by atoms with Crippen LogP contribution in [0.2, 0.25) is 0 Å². The molecule has 0 saturated heterocycles. The Balaban J connectivity index is 1.29. The highest BCUT2D eigenvalue weighted by atomic mass is 16.5. The first kappa shape index (κ1) is 14.9. The second kappa shape index (κ2) is 6.06. The van der Waals surface area contributed by atoms with Crippen molar-refractivity contribution in [1.82, 2.24) is 10.6 Å². The number of benzene rings is 1. The topological polar surface area (TPSA) is 50.4 Å². The molecule has 1 aromatic carbocycles. The lowest BCUT2D eigenvalue weighted by Gasteiger charge is -2.32. The number of hydrogen-bond donors (Lipinski definition) is 2. The van der Waals surface area contributed by atoms with Crippen molar-refractivity contribution in [3.05, 3.63) is 29.8 Å². The minimum absolute atomic E-state index is 0.0279. The maximum Gasteiger partial charge on any atom is 0.315 e. The molecule has 3 fully saturated rings. The van der Waals surface area contributed by atoms with Crippen LogP contribution >= 0.6 is 0 Å². The minimum Gasteiger partial charge on any atom is -0.497 e. The molecule has 0 aliphatic heterocycles. The summed E-state index contributed by atoms with van der Waals surface area (Å²) in [6.45, 7) is 0.538. The summed E-state index contributed by atoms with van der Waals surface area (Å²) in [5.74, 6) is 4.28. The van der Waals surface area contributed by atoms with Crippen molar-refractivity contribution < 1.29 is 9.53 Å². The average molecular weight is 314 g/mol. The summed E-state index contributed by atoms with van der Waals surface area (Å²) in [5.41, 5.74) is 1.06. The van der Waals surface area contributed by atoms with Crippen LogP contribution in [0.1, 0.15) is 37.7 Å². The molecule has 4 nitrogen and oxygen atoms in total. The third-order valence-electron chi connectivity index (χ3n) is 6.33. The number of fused-ring (bicyclic) bond motifs is 5. The van der Waals surface area contributed by atoms with Gasteiger partial charge in [0.1, 0.15) is 5.75 Å². The van der Waals surface area contributed by atoms with Gasteiger partial charge in [0, 0.05) is 12.6 Å². The van der Waals surface area contributed by atoms with Gasteiger partial charge in [-0.25, -0.2) is 4.79 Å². The monoisotopic (exact) mass is 314 g/mol. The highest BCUT2D eigenvalue weighted by molar-refractivity contribution is 5.74. The van der Waals surface area contributed by atoms with Crippen molar-refractivity contribution in [1.29, 1.82) is 0 Å². The van der Waals surface area contributed by atoms with E-state index in [2.05, 4.69) is 10.6 Å². The molecule has 0 aromatic heterocycles. The number of carbonyl (C=O) groups excluding carboxylic acids is 1. The van der Waals surface area contributed by atoms with Crippen LogP contribution in [0.15, 0.2) is 24.3 Å². The van der Waals surface area contributed by atoms with E-state index in [4.69, 9.17) is 4.74 Å². The van der Waals surface area contributed by atoms with Crippen molar-refractivity contribution in [2.75, 3.05) is 7.11 Å². The van der Waals surface area contributed by atoms with Crippen molar-refractivity contribution in [2.45, 2.75) is 44.7 Å². The number of methoxy groups -OCH3 is 1. The standard InChI is InChI=1S/C19H26N2O2/c1-23-14-5-2-4-12(8-14)11-20-19(22)21-18-10-13-9-17(18)16-7-3-6-15(13)16/h2,4-5,8,13,15-18H,3,6-7,9-11H2,1H3,(H2,20,21,22)/t13-,15-,16+,17+,18-/m1/s1. The van der Waals surface area contributed by atoms with Gasteiger partial charge < -0.3 is 15.4 Å². The molecular weight excluding hydrogens is 288 g/mol. The zero-order chi connectivity index (χ0) is 15.8. The van der Waals surface area contributed by atoms with Gasteiger partial charge in [-0.2, -0.15) is 0 Å². The number of ether oxygens (including phenoxy) is 1. The highest BCUT2D eigenvalue weighted by Gasteiger charge is 2.53. The van der Waals surface area contributed by atoms with E-state index in [1.165, 1.54) is 32.1 Å². The summed E-state index contributed by atoms with van der Waals surface area (Å²) in [6, 6.07) is 8.19. The Bertz CT molecular complexity index is 588. The van der Waals surface area contributed by atoms with Crippen molar-refractivity contribution >= 4 is 6.03 Å². The van der Waals surface area contributed by atoms with Crippen LogP contribution in [0.25, 0.3) is 0 Å². The molecule has 4 rings (SSSR count). The fourth-order valence-electron chi connectivity index (χ4n) is 5.42. The van der Waals surface area contributed by atoms with E-state index in [-0.39, 0.29) is 6.03 Å². The molecule has 2 N–H and O–H groups in total. The fourth-order valence-corrected chi connectivity index (χ4v) is 5.42. The van der Waals surface area contributed by atoms with Gasteiger partial charge in [0.05, 0.1) is 7.11 Å². The molecule has 2 bridgehead atoms.